The minimum atomic E-state index is -0.225. The summed E-state index contributed by atoms with van der Waals surface area (Å²) in [5.41, 5.74) is 5.28. The van der Waals surface area contributed by atoms with E-state index in [1.807, 2.05) is 37.3 Å². The van der Waals surface area contributed by atoms with Crippen LogP contribution in [0.4, 0.5) is 0 Å². The Kier molecular flexibility index (Phi) is 5.36. The molecule has 2 aromatic heterocycles. The number of nitrogens with one attached hydrogen (secondary N) is 2. The van der Waals surface area contributed by atoms with E-state index in [2.05, 4.69) is 39.4 Å². The lowest BCUT2D eigenvalue weighted by Gasteiger charge is -2.13. The van der Waals surface area contributed by atoms with E-state index in [-0.39, 0.29) is 11.8 Å². The first-order chi connectivity index (χ1) is 14.0. The highest BCUT2D eigenvalue weighted by Crippen LogP contribution is 2.33. The van der Waals surface area contributed by atoms with E-state index in [1.54, 1.807) is 11.0 Å². The lowest BCUT2D eigenvalue weighted by Crippen LogP contribution is -2.31. The molecule has 0 fully saturated rings. The molecule has 6 nitrogen and oxygen atoms in total. The van der Waals surface area contributed by atoms with E-state index in [0.29, 0.717) is 18.1 Å². The molecule has 7 heteroatoms. The zero-order valence-electron chi connectivity index (χ0n) is 16.3. The quantitative estimate of drug-likeness (QED) is 0.499. The molecular weight excluding hydrogens is 386 g/mol. The van der Waals surface area contributed by atoms with Gasteiger partial charge in [-0.3, -0.25) is 9.48 Å². The fourth-order valence-corrected chi connectivity index (χ4v) is 3.78. The molecule has 0 saturated heterocycles. The van der Waals surface area contributed by atoms with Crippen LogP contribution in [0, 0.1) is 12.8 Å². The van der Waals surface area contributed by atoms with Crippen LogP contribution in [0.25, 0.3) is 22.2 Å². The van der Waals surface area contributed by atoms with Gasteiger partial charge in [-0.1, -0.05) is 48.9 Å². The van der Waals surface area contributed by atoms with Gasteiger partial charge in [0.05, 0.1) is 18.0 Å². The molecule has 0 radical (unpaired) electrons. The first kappa shape index (κ1) is 19.2. The molecule has 1 atom stereocenters. The Morgan fingerprint density at radius 2 is 2.07 bits per heavy atom. The second-order valence-electron chi connectivity index (χ2n) is 7.21. The number of hydrogen-bond donors (Lipinski definition) is 2. The van der Waals surface area contributed by atoms with E-state index in [1.165, 1.54) is 6.33 Å². The second kappa shape index (κ2) is 8.09. The number of aromatic amines is 1. The van der Waals surface area contributed by atoms with Crippen molar-refractivity contribution in [1.82, 2.24) is 25.1 Å². The largest absolute Gasteiger partial charge is 0.354 e. The molecule has 2 heterocycles. The molecule has 0 aliphatic rings. The number of fused-ring (bicyclic) bond motifs is 1. The minimum absolute atomic E-state index is 0.0415. The normalized spacial score (nSPS) is 12.2. The summed E-state index contributed by atoms with van der Waals surface area (Å²) in [6.45, 7) is 4.83. The number of carbonyl (C=O) groups is 1. The van der Waals surface area contributed by atoms with Crippen molar-refractivity contribution in [3.8, 4) is 11.3 Å². The van der Waals surface area contributed by atoms with Crippen molar-refractivity contribution >= 4 is 28.4 Å². The highest BCUT2D eigenvalue weighted by atomic mass is 35.5. The average molecular weight is 408 g/mol. The summed E-state index contributed by atoms with van der Waals surface area (Å²) in [4.78, 5) is 20.0. The van der Waals surface area contributed by atoms with Gasteiger partial charge in [-0.05, 0) is 35.7 Å². The van der Waals surface area contributed by atoms with Crippen molar-refractivity contribution in [3.05, 3.63) is 71.3 Å². The third-order valence-electron chi connectivity index (χ3n) is 5.10. The van der Waals surface area contributed by atoms with E-state index in [0.717, 1.165) is 33.3 Å². The van der Waals surface area contributed by atoms with Crippen molar-refractivity contribution < 1.29 is 4.79 Å². The van der Waals surface area contributed by atoms with Gasteiger partial charge in [0, 0.05) is 22.6 Å². The maximum atomic E-state index is 12.5. The van der Waals surface area contributed by atoms with E-state index in [4.69, 9.17) is 11.6 Å². The van der Waals surface area contributed by atoms with Gasteiger partial charge in [-0.15, -0.1) is 0 Å². The number of amides is 1. The molecule has 0 bridgehead atoms. The van der Waals surface area contributed by atoms with Crippen LogP contribution < -0.4 is 5.32 Å². The van der Waals surface area contributed by atoms with Gasteiger partial charge >= 0.3 is 0 Å². The highest BCUT2D eigenvalue weighted by Gasteiger charge is 2.17. The van der Waals surface area contributed by atoms with Crippen LogP contribution in [0.3, 0.4) is 0 Å². The number of benzene rings is 2. The number of rotatable bonds is 6. The molecule has 4 aromatic rings. The van der Waals surface area contributed by atoms with Crippen molar-refractivity contribution in [1.29, 1.82) is 0 Å². The summed E-state index contributed by atoms with van der Waals surface area (Å²) in [6.07, 6.45) is 3.07. The molecule has 0 spiro atoms. The van der Waals surface area contributed by atoms with Crippen LogP contribution in [-0.2, 0) is 17.9 Å². The molecule has 0 aliphatic heterocycles. The van der Waals surface area contributed by atoms with Gasteiger partial charge in [0.2, 0.25) is 5.91 Å². The van der Waals surface area contributed by atoms with Crippen molar-refractivity contribution in [2.45, 2.75) is 26.9 Å². The average Bonchev–Trinajstić information content (AvgIpc) is 3.35. The van der Waals surface area contributed by atoms with Crippen LogP contribution in [0.5, 0.6) is 0 Å². The van der Waals surface area contributed by atoms with Gasteiger partial charge in [0.1, 0.15) is 12.7 Å². The van der Waals surface area contributed by atoms with Gasteiger partial charge in [-0.2, -0.15) is 5.10 Å². The fourth-order valence-electron chi connectivity index (χ4n) is 3.54. The molecule has 4 rings (SSSR count). The standard InChI is InChI=1S/C22H22ClN5O/c1-14(11-28-13-24-12-26-28)22(29)25-10-17-8-18(23)9-19-15(2)20(27-21(17)19)16-6-4-3-5-7-16/h3-9,12-14,27H,10-11H2,1-2H3,(H,25,29)/t14-/m1/s1. The van der Waals surface area contributed by atoms with Crippen LogP contribution >= 0.6 is 11.6 Å². The van der Waals surface area contributed by atoms with E-state index in [9.17, 15) is 4.79 Å². The van der Waals surface area contributed by atoms with Crippen molar-refractivity contribution in [3.63, 3.8) is 0 Å². The van der Waals surface area contributed by atoms with Gasteiger partial charge in [-0.25, -0.2) is 4.98 Å². The summed E-state index contributed by atoms with van der Waals surface area (Å²) < 4.78 is 1.66. The molecule has 1 amide bonds. The SMILES string of the molecule is Cc1c(-c2ccccc2)[nH]c2c(CNC(=O)[C@H](C)Cn3cncn3)cc(Cl)cc12. The van der Waals surface area contributed by atoms with E-state index < -0.39 is 0 Å². The van der Waals surface area contributed by atoms with Crippen LogP contribution in [0.15, 0.2) is 55.1 Å². The molecule has 2 aromatic carbocycles. The zero-order valence-corrected chi connectivity index (χ0v) is 17.1. The number of H-pyrrole nitrogens is 1. The zero-order chi connectivity index (χ0) is 20.4. The first-order valence-corrected chi connectivity index (χ1v) is 9.87. The predicted molar refractivity (Wildman–Crippen MR) is 115 cm³/mol. The summed E-state index contributed by atoms with van der Waals surface area (Å²) in [6, 6.07) is 14.1. The lowest BCUT2D eigenvalue weighted by molar-refractivity contribution is -0.125. The lowest BCUT2D eigenvalue weighted by atomic mass is 10.0. The van der Waals surface area contributed by atoms with Gasteiger partial charge in [0.25, 0.3) is 0 Å². The van der Waals surface area contributed by atoms with Crippen LogP contribution in [-0.4, -0.2) is 25.7 Å². The number of halogens is 1. The Balaban J connectivity index is 1.58. The highest BCUT2D eigenvalue weighted by molar-refractivity contribution is 6.31. The Bertz CT molecular complexity index is 1140. The smallest absolute Gasteiger partial charge is 0.224 e. The van der Waals surface area contributed by atoms with Gasteiger partial charge < -0.3 is 10.3 Å². The maximum Gasteiger partial charge on any atom is 0.224 e. The summed E-state index contributed by atoms with van der Waals surface area (Å²) in [7, 11) is 0. The second-order valence-corrected chi connectivity index (χ2v) is 7.65. The Morgan fingerprint density at radius 1 is 1.28 bits per heavy atom. The number of carbonyl (C=O) groups excluding carboxylic acids is 1. The van der Waals surface area contributed by atoms with Crippen molar-refractivity contribution in [2.75, 3.05) is 0 Å². The topological polar surface area (TPSA) is 75.6 Å². The Morgan fingerprint density at radius 3 is 2.79 bits per heavy atom. The van der Waals surface area contributed by atoms with Crippen LogP contribution in [0.1, 0.15) is 18.1 Å². The Labute approximate surface area is 173 Å². The molecule has 148 valence electrons. The number of aryl methyl sites for hydroxylation is 1. The molecule has 2 N–H and O–H groups in total. The first-order valence-electron chi connectivity index (χ1n) is 9.49. The van der Waals surface area contributed by atoms with Crippen molar-refractivity contribution in [2.24, 2.45) is 5.92 Å². The van der Waals surface area contributed by atoms with Gasteiger partial charge in [0.15, 0.2) is 0 Å². The fraction of sp³-hybridized carbons (Fsp3) is 0.227. The third-order valence-corrected chi connectivity index (χ3v) is 5.32. The Hall–Kier alpha value is -3.12. The monoisotopic (exact) mass is 407 g/mol. The minimum Gasteiger partial charge on any atom is -0.354 e. The molecule has 0 saturated carbocycles. The number of hydrogen-bond acceptors (Lipinski definition) is 3. The molecule has 29 heavy (non-hydrogen) atoms. The molecule has 0 aliphatic carbocycles. The molecule has 0 unspecified atom stereocenters. The summed E-state index contributed by atoms with van der Waals surface area (Å²) in [5.74, 6) is -0.267. The van der Waals surface area contributed by atoms with Crippen LogP contribution in [0.2, 0.25) is 5.02 Å². The maximum absolute atomic E-state index is 12.5. The van der Waals surface area contributed by atoms with E-state index >= 15 is 0 Å². The number of aromatic nitrogens is 4. The summed E-state index contributed by atoms with van der Waals surface area (Å²) in [5, 5.41) is 8.79. The molecular formula is C22H22ClN5O. The predicted octanol–water partition coefficient (Wildman–Crippen LogP) is 4.34. The number of nitrogens with zero attached hydrogens (tertiary/aromatic N) is 3. The summed E-state index contributed by atoms with van der Waals surface area (Å²) >= 11 is 6.38. The third kappa shape index (κ3) is 4.03.